The van der Waals surface area contributed by atoms with Gasteiger partial charge in [-0.1, -0.05) is 37.5 Å². The maximum absolute atomic E-state index is 4.79. The molecule has 1 aliphatic rings. The lowest BCUT2D eigenvalue weighted by Gasteiger charge is -2.20. The van der Waals surface area contributed by atoms with Crippen molar-refractivity contribution in [2.45, 2.75) is 52.9 Å². The van der Waals surface area contributed by atoms with E-state index in [2.05, 4.69) is 10.3 Å². The summed E-state index contributed by atoms with van der Waals surface area (Å²) in [6, 6.07) is 0. The summed E-state index contributed by atoms with van der Waals surface area (Å²) >= 11 is 0. The van der Waals surface area contributed by atoms with Crippen molar-refractivity contribution < 1.29 is 0 Å². The first-order valence-corrected chi connectivity index (χ1v) is 9.06. The van der Waals surface area contributed by atoms with Gasteiger partial charge in [0, 0.05) is 26.3 Å². The maximum atomic E-state index is 4.79. The maximum Gasteiger partial charge on any atom is 0.224 e. The fraction of sp³-hybridized carbons (Fsp3) is 0.600. The number of hydrogen-bond donors (Lipinski definition) is 1. The first-order valence-electron chi connectivity index (χ1n) is 9.06. The standard InChI is InChI=1S/C20H34N4/c1-6-8-15-19(12-7-2)23-20(22-17(3)24(4)5)21-16-18-13-10-9-11-14-18/h6-8,12,15,18H,9-11,13-14,16H2,1-5H3,(H,21,23)/b8-6-,12-7-,19-15+,22-17+. The fourth-order valence-corrected chi connectivity index (χ4v) is 2.59. The van der Waals surface area contributed by atoms with Crippen LogP contribution in [-0.4, -0.2) is 37.3 Å². The van der Waals surface area contributed by atoms with Gasteiger partial charge in [0.2, 0.25) is 5.96 Å². The van der Waals surface area contributed by atoms with Crippen LogP contribution >= 0.6 is 0 Å². The van der Waals surface area contributed by atoms with Crippen LogP contribution < -0.4 is 5.32 Å². The van der Waals surface area contributed by atoms with Crippen molar-refractivity contribution in [1.82, 2.24) is 10.2 Å². The highest BCUT2D eigenvalue weighted by Gasteiger charge is 2.13. The van der Waals surface area contributed by atoms with Gasteiger partial charge in [0.25, 0.3) is 0 Å². The Balaban J connectivity index is 2.92. The number of nitrogens with zero attached hydrogens (tertiary/aromatic N) is 3. The first kappa shape index (κ1) is 20.2. The van der Waals surface area contributed by atoms with Crippen LogP contribution in [-0.2, 0) is 0 Å². The summed E-state index contributed by atoms with van der Waals surface area (Å²) in [6.45, 7) is 6.89. The van der Waals surface area contributed by atoms with E-state index in [1.165, 1.54) is 32.1 Å². The predicted molar refractivity (Wildman–Crippen MR) is 107 cm³/mol. The molecule has 0 amide bonds. The van der Waals surface area contributed by atoms with Crippen LogP contribution in [0.5, 0.6) is 0 Å². The van der Waals surface area contributed by atoms with Gasteiger partial charge in [0.15, 0.2) is 0 Å². The lowest BCUT2D eigenvalue weighted by Crippen LogP contribution is -2.27. The molecule has 1 fully saturated rings. The Labute approximate surface area is 148 Å². The van der Waals surface area contributed by atoms with Crippen molar-refractivity contribution in [1.29, 1.82) is 0 Å². The van der Waals surface area contributed by atoms with Crippen LogP contribution in [0.2, 0.25) is 0 Å². The molecule has 0 spiro atoms. The highest BCUT2D eigenvalue weighted by atomic mass is 15.2. The molecule has 4 nitrogen and oxygen atoms in total. The molecule has 0 unspecified atom stereocenters. The summed E-state index contributed by atoms with van der Waals surface area (Å²) in [4.78, 5) is 11.5. The van der Waals surface area contributed by atoms with Gasteiger partial charge in [0.1, 0.15) is 5.84 Å². The van der Waals surface area contributed by atoms with E-state index in [0.717, 1.165) is 18.1 Å². The topological polar surface area (TPSA) is 40.0 Å². The molecule has 1 saturated carbocycles. The molecule has 1 N–H and O–H groups in total. The SMILES string of the molecule is C\C=C/C=C(\C=C/C)NC(=NCC1CCCCC1)/N=C(\C)N(C)C. The second-order valence-electron chi connectivity index (χ2n) is 6.49. The van der Waals surface area contributed by atoms with Crippen LogP contribution in [0.1, 0.15) is 52.9 Å². The van der Waals surface area contributed by atoms with Gasteiger partial charge in [-0.15, -0.1) is 0 Å². The third-order valence-corrected chi connectivity index (χ3v) is 4.21. The second kappa shape index (κ2) is 11.7. The van der Waals surface area contributed by atoms with Gasteiger partial charge >= 0.3 is 0 Å². The Kier molecular flexibility index (Phi) is 9.81. The van der Waals surface area contributed by atoms with E-state index in [0.29, 0.717) is 11.9 Å². The molecule has 24 heavy (non-hydrogen) atoms. The quantitative estimate of drug-likeness (QED) is 0.457. The van der Waals surface area contributed by atoms with E-state index in [4.69, 9.17) is 4.99 Å². The minimum absolute atomic E-state index is 0.695. The highest BCUT2D eigenvalue weighted by Crippen LogP contribution is 2.23. The van der Waals surface area contributed by atoms with E-state index in [1.54, 1.807) is 0 Å². The summed E-state index contributed by atoms with van der Waals surface area (Å²) < 4.78 is 0. The molecule has 0 aliphatic heterocycles. The predicted octanol–water partition coefficient (Wildman–Crippen LogP) is 4.53. The van der Waals surface area contributed by atoms with Crippen molar-refractivity contribution in [3.05, 3.63) is 36.1 Å². The summed E-state index contributed by atoms with van der Waals surface area (Å²) in [7, 11) is 4.00. The normalized spacial score (nSPS) is 18.6. The molecule has 0 heterocycles. The molecule has 0 aromatic rings. The average Bonchev–Trinajstić information content (AvgIpc) is 2.58. The van der Waals surface area contributed by atoms with E-state index in [9.17, 15) is 0 Å². The lowest BCUT2D eigenvalue weighted by molar-refractivity contribution is 0.366. The van der Waals surface area contributed by atoms with Crippen LogP contribution in [0.15, 0.2) is 46.1 Å². The van der Waals surface area contributed by atoms with Crippen molar-refractivity contribution in [2.24, 2.45) is 15.9 Å². The van der Waals surface area contributed by atoms with Crippen LogP contribution in [0.3, 0.4) is 0 Å². The highest BCUT2D eigenvalue weighted by molar-refractivity contribution is 5.95. The Morgan fingerprint density at radius 1 is 1.12 bits per heavy atom. The molecule has 0 saturated heterocycles. The van der Waals surface area contributed by atoms with Gasteiger partial charge < -0.3 is 10.2 Å². The molecule has 1 rings (SSSR count). The minimum Gasteiger partial charge on any atom is -0.366 e. The van der Waals surface area contributed by atoms with Gasteiger partial charge in [-0.05, 0) is 51.7 Å². The van der Waals surface area contributed by atoms with Crippen LogP contribution in [0, 0.1) is 5.92 Å². The smallest absolute Gasteiger partial charge is 0.224 e. The molecule has 0 bridgehead atoms. The molecule has 4 heteroatoms. The largest absolute Gasteiger partial charge is 0.366 e. The molecule has 0 aromatic carbocycles. The average molecular weight is 331 g/mol. The minimum atomic E-state index is 0.695. The zero-order valence-corrected chi connectivity index (χ0v) is 16.0. The van der Waals surface area contributed by atoms with E-state index >= 15 is 0 Å². The number of allylic oxidation sites excluding steroid dienone is 5. The Morgan fingerprint density at radius 3 is 2.42 bits per heavy atom. The molecule has 0 radical (unpaired) electrons. The summed E-state index contributed by atoms with van der Waals surface area (Å²) in [6.07, 6.45) is 16.8. The van der Waals surface area contributed by atoms with Crippen molar-refractivity contribution in [3.63, 3.8) is 0 Å². The molecular weight excluding hydrogens is 296 g/mol. The Morgan fingerprint density at radius 2 is 1.83 bits per heavy atom. The van der Waals surface area contributed by atoms with Crippen molar-refractivity contribution >= 4 is 11.8 Å². The van der Waals surface area contributed by atoms with Gasteiger partial charge in [-0.2, -0.15) is 0 Å². The molecule has 0 aromatic heterocycles. The number of guanidine groups is 1. The monoisotopic (exact) mass is 330 g/mol. The molecular formula is C20H34N4. The zero-order chi connectivity index (χ0) is 17.8. The summed E-state index contributed by atoms with van der Waals surface area (Å²) in [5.74, 6) is 2.34. The summed E-state index contributed by atoms with van der Waals surface area (Å²) in [5.41, 5.74) is 0.994. The number of amidine groups is 1. The van der Waals surface area contributed by atoms with Crippen LogP contribution in [0.25, 0.3) is 0 Å². The third kappa shape index (κ3) is 8.14. The van der Waals surface area contributed by atoms with E-state index in [1.807, 2.05) is 70.1 Å². The van der Waals surface area contributed by atoms with Crippen molar-refractivity contribution in [2.75, 3.05) is 20.6 Å². The van der Waals surface area contributed by atoms with Crippen molar-refractivity contribution in [3.8, 4) is 0 Å². The van der Waals surface area contributed by atoms with Gasteiger partial charge in [-0.3, -0.25) is 4.99 Å². The number of rotatable bonds is 5. The number of hydrogen-bond acceptors (Lipinski definition) is 1. The van der Waals surface area contributed by atoms with Gasteiger partial charge in [0.05, 0.1) is 0 Å². The van der Waals surface area contributed by atoms with Crippen LogP contribution in [0.4, 0.5) is 0 Å². The second-order valence-corrected chi connectivity index (χ2v) is 6.49. The van der Waals surface area contributed by atoms with E-state index in [-0.39, 0.29) is 0 Å². The fourth-order valence-electron chi connectivity index (χ4n) is 2.59. The Hall–Kier alpha value is -1.84. The zero-order valence-electron chi connectivity index (χ0n) is 16.0. The van der Waals surface area contributed by atoms with E-state index < -0.39 is 0 Å². The number of aliphatic imine (C=N–C) groups is 2. The Bertz CT molecular complexity index is 504. The molecule has 0 atom stereocenters. The van der Waals surface area contributed by atoms with Gasteiger partial charge in [-0.25, -0.2) is 4.99 Å². The number of nitrogens with one attached hydrogen (secondary N) is 1. The third-order valence-electron chi connectivity index (χ3n) is 4.21. The first-order chi connectivity index (χ1) is 11.6. The lowest BCUT2D eigenvalue weighted by atomic mass is 9.89. The molecule has 134 valence electrons. The summed E-state index contributed by atoms with van der Waals surface area (Å²) in [5, 5.41) is 3.37. The molecule has 1 aliphatic carbocycles.